The third-order valence-corrected chi connectivity index (χ3v) is 7.75. The van der Waals surface area contributed by atoms with Gasteiger partial charge in [-0.15, -0.1) is 0 Å². The van der Waals surface area contributed by atoms with Crippen molar-refractivity contribution >= 4 is 0 Å². The number of methoxy groups -OCH3 is 4. The Bertz CT molecular complexity index is 1480. The van der Waals surface area contributed by atoms with E-state index in [4.69, 9.17) is 37.9 Å². The number of hydrogen-bond acceptors (Lipinski definition) is 8. The van der Waals surface area contributed by atoms with Crippen LogP contribution in [0, 0.1) is 0 Å². The molecule has 0 radical (unpaired) electrons. The second-order valence-corrected chi connectivity index (χ2v) is 10.1. The van der Waals surface area contributed by atoms with Gasteiger partial charge >= 0.3 is 0 Å². The van der Waals surface area contributed by atoms with Crippen LogP contribution >= 0.6 is 0 Å². The molecule has 0 amide bonds. The first-order valence-electron chi connectivity index (χ1n) is 13.9. The summed E-state index contributed by atoms with van der Waals surface area (Å²) in [6.07, 6.45) is 3.15. The predicted molar refractivity (Wildman–Crippen MR) is 158 cm³/mol. The number of aryl methyl sites for hydroxylation is 4. The molecular formula is C34H34O8. The molecule has 0 aliphatic carbocycles. The molecule has 2 aliphatic heterocycles. The van der Waals surface area contributed by atoms with Crippen LogP contribution in [0.3, 0.4) is 0 Å². The predicted octanol–water partition coefficient (Wildman–Crippen LogP) is 6.42. The number of hydrogen-bond donors (Lipinski definition) is 0. The average Bonchev–Trinajstić information content (AvgIpc) is 3.71. The molecule has 0 unspecified atom stereocenters. The van der Waals surface area contributed by atoms with E-state index in [2.05, 4.69) is 48.5 Å². The van der Waals surface area contributed by atoms with Crippen molar-refractivity contribution in [2.75, 3.05) is 42.0 Å². The standard InChI is InChI=1S/C34H34O8/c1-35-29-15-23(9-5-21-7-11-27-33(13-21)41-19-39-27)25(17-31(29)37-3)26-18-32(38-4)30(36-2)16-24(26)10-6-22-8-12-28-34(14-22)42-20-40-28/h7-8,11-18H,5-6,9-10,19-20H2,1-4H3. The van der Waals surface area contributed by atoms with Crippen molar-refractivity contribution in [1.29, 1.82) is 0 Å². The molecule has 6 rings (SSSR count). The Kier molecular flexibility index (Phi) is 7.86. The van der Waals surface area contributed by atoms with E-state index >= 15 is 0 Å². The third-order valence-electron chi connectivity index (χ3n) is 7.75. The molecule has 8 heteroatoms. The summed E-state index contributed by atoms with van der Waals surface area (Å²) in [6.45, 7) is 0.514. The molecule has 218 valence electrons. The zero-order valence-electron chi connectivity index (χ0n) is 24.3. The monoisotopic (exact) mass is 570 g/mol. The summed E-state index contributed by atoms with van der Waals surface area (Å²) in [5.74, 6) is 5.82. The molecule has 0 spiro atoms. The van der Waals surface area contributed by atoms with Gasteiger partial charge in [-0.25, -0.2) is 0 Å². The number of ether oxygens (including phenoxy) is 8. The highest BCUT2D eigenvalue weighted by Gasteiger charge is 2.20. The minimum Gasteiger partial charge on any atom is -0.493 e. The number of benzene rings is 4. The average molecular weight is 571 g/mol. The largest absolute Gasteiger partial charge is 0.493 e. The molecule has 0 atom stereocenters. The highest BCUT2D eigenvalue weighted by atomic mass is 16.7. The van der Waals surface area contributed by atoms with Crippen molar-refractivity contribution in [3.63, 3.8) is 0 Å². The van der Waals surface area contributed by atoms with Gasteiger partial charge in [0.15, 0.2) is 46.0 Å². The molecule has 0 saturated heterocycles. The Labute approximate surface area is 245 Å². The molecule has 42 heavy (non-hydrogen) atoms. The van der Waals surface area contributed by atoms with Crippen molar-refractivity contribution in [3.8, 4) is 57.1 Å². The Morgan fingerprint density at radius 2 is 0.833 bits per heavy atom. The lowest BCUT2D eigenvalue weighted by molar-refractivity contribution is 0.173. The minimum absolute atomic E-state index is 0.257. The van der Waals surface area contributed by atoms with Gasteiger partial charge in [0.25, 0.3) is 0 Å². The molecule has 8 nitrogen and oxygen atoms in total. The third kappa shape index (κ3) is 5.44. The van der Waals surface area contributed by atoms with Gasteiger partial charge < -0.3 is 37.9 Å². The van der Waals surface area contributed by atoms with Crippen molar-refractivity contribution in [2.45, 2.75) is 25.7 Å². The summed E-state index contributed by atoms with van der Waals surface area (Å²) in [5.41, 5.74) is 6.68. The SMILES string of the molecule is COc1cc(CCc2ccc3c(c2)OCO3)c(-c2cc(OC)c(OC)cc2CCc2ccc3c(c2)OCO3)cc1OC. The van der Waals surface area contributed by atoms with Gasteiger partial charge in [-0.2, -0.15) is 0 Å². The van der Waals surface area contributed by atoms with Crippen LogP contribution in [0.5, 0.6) is 46.0 Å². The lowest BCUT2D eigenvalue weighted by Crippen LogP contribution is -2.03. The van der Waals surface area contributed by atoms with Crippen LogP contribution in [0.2, 0.25) is 0 Å². The summed E-state index contributed by atoms with van der Waals surface area (Å²) in [4.78, 5) is 0. The molecule has 0 bridgehead atoms. The van der Waals surface area contributed by atoms with Crippen molar-refractivity contribution in [1.82, 2.24) is 0 Å². The lowest BCUT2D eigenvalue weighted by atomic mass is 9.89. The summed E-state index contributed by atoms with van der Waals surface area (Å²) in [7, 11) is 6.63. The van der Waals surface area contributed by atoms with E-state index in [9.17, 15) is 0 Å². The summed E-state index contributed by atoms with van der Waals surface area (Å²) in [6, 6.07) is 20.5. The minimum atomic E-state index is 0.257. The van der Waals surface area contributed by atoms with Crippen molar-refractivity contribution in [2.24, 2.45) is 0 Å². The molecule has 0 N–H and O–H groups in total. The highest BCUT2D eigenvalue weighted by Crippen LogP contribution is 2.42. The first-order valence-corrected chi connectivity index (χ1v) is 13.9. The van der Waals surface area contributed by atoms with Crippen LogP contribution in [-0.2, 0) is 25.7 Å². The molecule has 2 heterocycles. The van der Waals surface area contributed by atoms with Crippen LogP contribution < -0.4 is 37.9 Å². The van der Waals surface area contributed by atoms with E-state index in [0.29, 0.717) is 23.0 Å². The van der Waals surface area contributed by atoms with Gasteiger partial charge in [-0.05, 0) is 108 Å². The number of fused-ring (bicyclic) bond motifs is 2. The maximum Gasteiger partial charge on any atom is 0.231 e. The highest BCUT2D eigenvalue weighted by molar-refractivity contribution is 5.77. The zero-order chi connectivity index (χ0) is 29.1. The van der Waals surface area contributed by atoms with Gasteiger partial charge in [0.1, 0.15) is 0 Å². The van der Waals surface area contributed by atoms with Gasteiger partial charge in [0.05, 0.1) is 28.4 Å². The van der Waals surface area contributed by atoms with Gasteiger partial charge in [0.2, 0.25) is 13.6 Å². The van der Waals surface area contributed by atoms with Crippen LogP contribution in [0.4, 0.5) is 0 Å². The first-order chi connectivity index (χ1) is 20.6. The maximum atomic E-state index is 5.74. The second kappa shape index (κ2) is 12.0. The van der Waals surface area contributed by atoms with Crippen LogP contribution in [0.25, 0.3) is 11.1 Å². The smallest absolute Gasteiger partial charge is 0.231 e. The normalized spacial score (nSPS) is 12.8. The van der Waals surface area contributed by atoms with Gasteiger partial charge in [0, 0.05) is 0 Å². The maximum absolute atomic E-state index is 5.74. The Morgan fingerprint density at radius 1 is 0.452 bits per heavy atom. The first kappa shape index (κ1) is 27.4. The quantitative estimate of drug-likeness (QED) is 0.205. The fraction of sp³-hybridized carbons (Fsp3) is 0.294. The van der Waals surface area contributed by atoms with Crippen LogP contribution in [0.1, 0.15) is 22.3 Å². The zero-order valence-corrected chi connectivity index (χ0v) is 24.3. The van der Waals surface area contributed by atoms with E-state index in [-0.39, 0.29) is 13.6 Å². The summed E-state index contributed by atoms with van der Waals surface area (Å²) in [5, 5.41) is 0. The van der Waals surface area contributed by atoms with E-state index in [0.717, 1.165) is 82.1 Å². The summed E-state index contributed by atoms with van der Waals surface area (Å²) >= 11 is 0. The van der Waals surface area contributed by atoms with Crippen LogP contribution in [-0.4, -0.2) is 42.0 Å². The molecular weight excluding hydrogens is 536 g/mol. The molecule has 4 aromatic carbocycles. The van der Waals surface area contributed by atoms with Crippen molar-refractivity contribution < 1.29 is 37.9 Å². The van der Waals surface area contributed by atoms with Crippen molar-refractivity contribution in [3.05, 3.63) is 82.9 Å². The fourth-order valence-electron chi connectivity index (χ4n) is 5.51. The molecule has 0 fully saturated rings. The molecule has 0 aromatic heterocycles. The van der Waals surface area contributed by atoms with E-state index in [1.54, 1.807) is 28.4 Å². The Hall–Kier alpha value is -4.72. The Balaban J connectivity index is 1.38. The van der Waals surface area contributed by atoms with Crippen LogP contribution in [0.15, 0.2) is 60.7 Å². The molecule has 0 saturated carbocycles. The Morgan fingerprint density at radius 3 is 1.24 bits per heavy atom. The van der Waals surface area contributed by atoms with Gasteiger partial charge in [-0.1, -0.05) is 12.1 Å². The topological polar surface area (TPSA) is 73.8 Å². The summed E-state index contributed by atoms with van der Waals surface area (Å²) < 4.78 is 45.1. The molecule has 2 aliphatic rings. The van der Waals surface area contributed by atoms with E-state index in [1.807, 2.05) is 12.1 Å². The number of rotatable bonds is 11. The van der Waals surface area contributed by atoms with E-state index < -0.39 is 0 Å². The fourth-order valence-corrected chi connectivity index (χ4v) is 5.51. The van der Waals surface area contributed by atoms with Gasteiger partial charge in [-0.3, -0.25) is 0 Å². The van der Waals surface area contributed by atoms with E-state index in [1.165, 1.54) is 0 Å². The lowest BCUT2D eigenvalue weighted by Gasteiger charge is -2.20. The second-order valence-electron chi connectivity index (χ2n) is 10.1. The molecule has 4 aromatic rings.